The Balaban J connectivity index is -0.000000679. The van der Waals surface area contributed by atoms with E-state index in [1.165, 1.54) is 11.1 Å². The van der Waals surface area contributed by atoms with Crippen LogP contribution in [0.2, 0.25) is 0 Å². The van der Waals surface area contributed by atoms with Crippen molar-refractivity contribution in [3.63, 3.8) is 0 Å². The maximum absolute atomic E-state index is 8.83. The van der Waals surface area contributed by atoms with Crippen molar-refractivity contribution in [2.75, 3.05) is 0 Å². The summed E-state index contributed by atoms with van der Waals surface area (Å²) in [5, 5.41) is 80.9. The molecule has 0 aliphatic rings. The van der Waals surface area contributed by atoms with Crippen LogP contribution in [0.4, 0.5) is 0 Å². The van der Waals surface area contributed by atoms with Crippen LogP contribution in [0, 0.1) is 0 Å². The predicted molar refractivity (Wildman–Crippen MR) is 281 cm³/mol. The smallest absolute Gasteiger partial charge is 0.0685 e. The van der Waals surface area contributed by atoms with Crippen molar-refractivity contribution in [2.24, 2.45) is 0 Å². The first-order valence-electron chi connectivity index (χ1n) is 18.8. The minimum atomic E-state index is -0.00324. The molecule has 0 aliphatic heterocycles. The number of halogens is 6. The molecule has 0 amide bonds. The van der Waals surface area contributed by atoms with Gasteiger partial charge in [-0.1, -0.05) is 193 Å². The van der Waals surface area contributed by atoms with Gasteiger partial charge in [-0.15, -0.1) is 50.9 Å². The molecule has 348 valence electrons. The van der Waals surface area contributed by atoms with E-state index in [-0.39, 0.29) is 110 Å². The number of benzene rings is 6. The molecule has 6 aromatic carbocycles. The van der Waals surface area contributed by atoms with Crippen LogP contribution in [0.1, 0.15) is 66.8 Å². The van der Waals surface area contributed by atoms with Gasteiger partial charge in [0.15, 0.2) is 0 Å². The largest absolute Gasteiger partial charge is 0.392 e. The van der Waals surface area contributed by atoms with E-state index in [0.29, 0.717) is 0 Å². The molecule has 0 aliphatic carbocycles. The van der Waals surface area contributed by atoms with Gasteiger partial charge in [-0.05, 0) is 66.8 Å². The van der Waals surface area contributed by atoms with Gasteiger partial charge >= 0.3 is 0 Å². The van der Waals surface area contributed by atoms with Gasteiger partial charge in [0.1, 0.15) is 0 Å². The highest BCUT2D eigenvalue weighted by molar-refractivity contribution is 9.09. The van der Waals surface area contributed by atoms with E-state index in [1.807, 2.05) is 103 Å². The highest BCUT2D eigenvalue weighted by Crippen LogP contribution is 2.12. The van der Waals surface area contributed by atoms with Crippen molar-refractivity contribution in [3.8, 4) is 0 Å². The molecule has 6 rings (SSSR count). The van der Waals surface area contributed by atoms with E-state index in [1.54, 1.807) is 42.5 Å². The van der Waals surface area contributed by atoms with E-state index in [0.717, 1.165) is 71.6 Å². The molecular weight excluding hydrogens is 1200 g/mol. The summed E-state index contributed by atoms with van der Waals surface area (Å²) in [5.41, 5.74) is 11.5. The van der Waals surface area contributed by atoms with Gasteiger partial charge in [0.05, 0.1) is 59.5 Å². The van der Waals surface area contributed by atoms with Crippen LogP contribution in [0.15, 0.2) is 146 Å². The van der Waals surface area contributed by atoms with E-state index in [4.69, 9.17) is 46.0 Å². The molecule has 0 aromatic heterocycles. The third-order valence-corrected chi connectivity index (χ3v) is 10.2. The summed E-state index contributed by atoms with van der Waals surface area (Å²) >= 11 is 10.0. The van der Waals surface area contributed by atoms with Gasteiger partial charge < -0.3 is 46.0 Å². The minimum absolute atomic E-state index is 0. The number of alkyl halides is 3. The summed E-state index contributed by atoms with van der Waals surface area (Å²) in [7, 11) is 0. The lowest BCUT2D eigenvalue weighted by atomic mass is 10.1. The topological polar surface area (TPSA) is 182 Å². The zero-order valence-electron chi connectivity index (χ0n) is 34.7. The number of hydrogen-bond acceptors (Lipinski definition) is 9. The van der Waals surface area contributed by atoms with Crippen molar-refractivity contribution in [3.05, 3.63) is 212 Å². The van der Waals surface area contributed by atoms with Gasteiger partial charge in [0.2, 0.25) is 0 Å². The van der Waals surface area contributed by atoms with Crippen molar-refractivity contribution < 1.29 is 46.0 Å². The summed E-state index contributed by atoms with van der Waals surface area (Å²) in [6, 6.07) is 45.2. The Morgan fingerprint density at radius 1 is 0.238 bits per heavy atom. The van der Waals surface area contributed by atoms with Crippen LogP contribution in [-0.4, -0.2) is 46.0 Å². The standard InChI is InChI=1S/3C8H9BrO.3C8H10O2.3BrH/c9-5-7-1-3-8(6-10)4-2-7;9-5-7-2-1-3-8(4-7)6-10;9-5-7-3-1-2-4-8(7)6-10;9-5-7-1-2-8(6-10)4-3-7;9-5-7-2-1-3-8(4-7)6-10;9-5-7-3-1-2-4-8(7)6-10;;;/h3*1-4,10H,5-6H2;3*1-4,9-10H,5-6H2;3*1H. The molecule has 9 N–H and O–H groups in total. The molecule has 15 heteroatoms. The maximum atomic E-state index is 8.83. The number of aliphatic hydroxyl groups excluding tert-OH is 9. The Morgan fingerprint density at radius 3 is 0.746 bits per heavy atom. The molecule has 0 heterocycles. The molecular formula is C48H60Br6O9. The number of hydrogen-bond donors (Lipinski definition) is 9. The summed E-state index contributed by atoms with van der Waals surface area (Å²) in [4.78, 5) is 0. The second-order valence-electron chi connectivity index (χ2n) is 12.6. The lowest BCUT2D eigenvalue weighted by Gasteiger charge is -2.01. The van der Waals surface area contributed by atoms with E-state index in [9.17, 15) is 0 Å². The fourth-order valence-electron chi connectivity index (χ4n) is 4.83. The van der Waals surface area contributed by atoms with Crippen LogP contribution >= 0.6 is 98.7 Å². The number of rotatable bonds is 12. The Labute approximate surface area is 428 Å². The molecule has 0 fully saturated rings. The second-order valence-corrected chi connectivity index (χ2v) is 14.3. The van der Waals surface area contributed by atoms with Crippen LogP contribution in [0.5, 0.6) is 0 Å². The summed E-state index contributed by atoms with van der Waals surface area (Å²) < 4.78 is 0. The molecule has 0 unspecified atom stereocenters. The molecule has 0 radical (unpaired) electrons. The molecule has 63 heavy (non-hydrogen) atoms. The van der Waals surface area contributed by atoms with Crippen LogP contribution < -0.4 is 0 Å². The van der Waals surface area contributed by atoms with E-state index >= 15 is 0 Å². The lowest BCUT2D eigenvalue weighted by Crippen LogP contribution is -1.91. The third kappa shape index (κ3) is 28.5. The van der Waals surface area contributed by atoms with Gasteiger partial charge in [-0.25, -0.2) is 0 Å². The van der Waals surface area contributed by atoms with Crippen molar-refractivity contribution in [1.29, 1.82) is 0 Å². The van der Waals surface area contributed by atoms with Gasteiger partial charge in [0.25, 0.3) is 0 Å². The fourth-order valence-corrected chi connectivity index (χ4v) is 6.10. The SMILES string of the molecule is Br.Br.Br.OCc1ccc(CBr)cc1.OCc1ccc(CO)cc1.OCc1cccc(CBr)c1.OCc1cccc(CO)c1.OCc1ccccc1CBr.OCc1ccccc1CO. The Morgan fingerprint density at radius 2 is 0.492 bits per heavy atom. The third-order valence-electron chi connectivity index (χ3n) is 8.32. The Hall–Kier alpha value is -2.16. The van der Waals surface area contributed by atoms with Crippen LogP contribution in [0.3, 0.4) is 0 Å². The van der Waals surface area contributed by atoms with E-state index < -0.39 is 0 Å². The average Bonchev–Trinajstić information content (AvgIpc) is 3.34. The Kier molecular flexibility index (Phi) is 43.9. The second kappa shape index (κ2) is 42.5. The molecule has 6 aromatic rings. The zero-order valence-corrected chi connectivity index (χ0v) is 44.6. The lowest BCUT2D eigenvalue weighted by molar-refractivity contribution is 0.260. The quantitative estimate of drug-likeness (QED) is 0.0539. The first-order chi connectivity index (χ1) is 29.2. The maximum Gasteiger partial charge on any atom is 0.0685 e. The van der Waals surface area contributed by atoms with Gasteiger partial charge in [-0.2, -0.15) is 0 Å². The number of aliphatic hydroxyl groups is 9. The molecule has 0 atom stereocenters. The molecule has 9 nitrogen and oxygen atoms in total. The fraction of sp³-hybridized carbons (Fsp3) is 0.250. The highest BCUT2D eigenvalue weighted by Gasteiger charge is 1.97. The summed E-state index contributed by atoms with van der Waals surface area (Å²) in [5.74, 6) is 0. The van der Waals surface area contributed by atoms with E-state index in [2.05, 4.69) is 47.8 Å². The van der Waals surface area contributed by atoms with Crippen LogP contribution in [-0.2, 0) is 75.5 Å². The van der Waals surface area contributed by atoms with Crippen molar-refractivity contribution in [2.45, 2.75) is 75.5 Å². The minimum Gasteiger partial charge on any atom is -0.392 e. The summed E-state index contributed by atoms with van der Waals surface area (Å²) in [6.45, 7) is 0.567. The summed E-state index contributed by atoms with van der Waals surface area (Å²) in [6.07, 6.45) is 0. The monoisotopic (exact) mass is 1250 g/mol. The first kappa shape index (κ1) is 65.1. The highest BCUT2D eigenvalue weighted by atomic mass is 79.9. The van der Waals surface area contributed by atoms with Crippen molar-refractivity contribution in [1.82, 2.24) is 0 Å². The predicted octanol–water partition coefficient (Wildman–Crippen LogP) is 9.97. The average molecular weight is 1260 g/mol. The first-order valence-corrected chi connectivity index (χ1v) is 22.2. The normalized spacial score (nSPS) is 9.33. The molecule has 0 spiro atoms. The van der Waals surface area contributed by atoms with Crippen LogP contribution in [0.25, 0.3) is 0 Å². The van der Waals surface area contributed by atoms with Gasteiger partial charge in [-0.3, -0.25) is 0 Å². The van der Waals surface area contributed by atoms with Crippen molar-refractivity contribution >= 4 is 98.7 Å². The zero-order chi connectivity index (χ0) is 44.4. The van der Waals surface area contributed by atoms with Gasteiger partial charge in [0, 0.05) is 16.0 Å². The molecule has 0 saturated heterocycles. The molecule has 0 bridgehead atoms. The Bertz CT molecular complexity index is 1700. The molecule has 0 saturated carbocycles.